The molecule has 0 saturated carbocycles. The molecule has 6 nitrogen and oxygen atoms in total. The second-order valence-corrected chi connectivity index (χ2v) is 7.60. The second kappa shape index (κ2) is 9.37. The van der Waals surface area contributed by atoms with E-state index in [2.05, 4.69) is 10.6 Å². The summed E-state index contributed by atoms with van der Waals surface area (Å²) in [7, 11) is 0. The molecule has 2 N–H and O–H groups in total. The minimum atomic E-state index is -0.277. The van der Waals surface area contributed by atoms with E-state index >= 15 is 0 Å². The fourth-order valence-electron chi connectivity index (χ4n) is 2.88. The summed E-state index contributed by atoms with van der Waals surface area (Å²) in [6.45, 7) is 1.91. The standard InChI is InChI=1S/C19H19Cl3N4O2/c20-13-3-1-4-15(11-13)23-18(27)25-7-2-8-26(10-9-25)19(28)24-17-12-14(21)5-6-16(17)22/h1,3-6,11-12H,2,7-10H2,(H,23,27)(H,24,28). The summed E-state index contributed by atoms with van der Waals surface area (Å²) in [4.78, 5) is 28.4. The number of nitrogens with zero attached hydrogens (tertiary/aromatic N) is 2. The molecule has 4 amide bonds. The Morgan fingerprint density at radius 3 is 2.11 bits per heavy atom. The van der Waals surface area contributed by atoms with E-state index in [-0.39, 0.29) is 12.1 Å². The average molecular weight is 442 g/mol. The SMILES string of the molecule is O=C(Nc1cccc(Cl)c1)N1CCCN(C(=O)Nc2cc(Cl)ccc2Cl)CC1. The Hall–Kier alpha value is -2.15. The van der Waals surface area contributed by atoms with Crippen LogP contribution >= 0.6 is 34.8 Å². The van der Waals surface area contributed by atoms with Crippen LogP contribution in [0.5, 0.6) is 0 Å². The smallest absolute Gasteiger partial charge is 0.321 e. The topological polar surface area (TPSA) is 64.7 Å². The number of hydrogen-bond donors (Lipinski definition) is 2. The summed E-state index contributed by atoms with van der Waals surface area (Å²) in [5.74, 6) is 0. The molecule has 28 heavy (non-hydrogen) atoms. The van der Waals surface area contributed by atoms with Crippen molar-refractivity contribution < 1.29 is 9.59 Å². The van der Waals surface area contributed by atoms with Crippen LogP contribution in [0, 0.1) is 0 Å². The average Bonchev–Trinajstić information content (AvgIpc) is 2.91. The van der Waals surface area contributed by atoms with E-state index in [0.29, 0.717) is 59.0 Å². The van der Waals surface area contributed by atoms with Gasteiger partial charge in [-0.25, -0.2) is 9.59 Å². The van der Waals surface area contributed by atoms with Crippen molar-refractivity contribution in [3.63, 3.8) is 0 Å². The van der Waals surface area contributed by atoms with Gasteiger partial charge in [0.2, 0.25) is 0 Å². The molecular formula is C19H19Cl3N4O2. The highest BCUT2D eigenvalue weighted by molar-refractivity contribution is 6.35. The van der Waals surface area contributed by atoms with Gasteiger partial charge in [-0.15, -0.1) is 0 Å². The highest BCUT2D eigenvalue weighted by Gasteiger charge is 2.22. The van der Waals surface area contributed by atoms with E-state index in [0.717, 1.165) is 0 Å². The molecule has 1 heterocycles. The molecule has 1 saturated heterocycles. The summed E-state index contributed by atoms with van der Waals surface area (Å²) in [6, 6.07) is 11.4. The molecule has 0 atom stereocenters. The lowest BCUT2D eigenvalue weighted by atomic mass is 10.3. The zero-order valence-corrected chi connectivity index (χ0v) is 17.2. The first kappa shape index (κ1) is 20.6. The van der Waals surface area contributed by atoms with E-state index in [1.807, 2.05) is 0 Å². The van der Waals surface area contributed by atoms with Gasteiger partial charge in [0.25, 0.3) is 0 Å². The first-order valence-electron chi connectivity index (χ1n) is 8.75. The number of carbonyl (C=O) groups is 2. The molecule has 0 radical (unpaired) electrons. The van der Waals surface area contributed by atoms with Crippen LogP contribution in [0.3, 0.4) is 0 Å². The zero-order valence-electron chi connectivity index (χ0n) is 14.9. The van der Waals surface area contributed by atoms with Gasteiger partial charge in [-0.05, 0) is 42.8 Å². The second-order valence-electron chi connectivity index (χ2n) is 6.32. The minimum absolute atomic E-state index is 0.220. The number of hydrogen-bond acceptors (Lipinski definition) is 2. The van der Waals surface area contributed by atoms with Crippen LogP contribution in [0.25, 0.3) is 0 Å². The monoisotopic (exact) mass is 440 g/mol. The molecule has 2 aromatic rings. The molecule has 148 valence electrons. The van der Waals surface area contributed by atoms with Crippen molar-refractivity contribution in [2.45, 2.75) is 6.42 Å². The fourth-order valence-corrected chi connectivity index (χ4v) is 3.41. The Bertz CT molecular complexity index is 878. The lowest BCUT2D eigenvalue weighted by molar-refractivity contribution is 0.205. The third-order valence-electron chi connectivity index (χ3n) is 4.32. The van der Waals surface area contributed by atoms with E-state index in [9.17, 15) is 9.59 Å². The van der Waals surface area contributed by atoms with Crippen molar-refractivity contribution in [2.75, 3.05) is 36.8 Å². The Morgan fingerprint density at radius 2 is 1.43 bits per heavy atom. The maximum atomic E-state index is 12.6. The van der Waals surface area contributed by atoms with Crippen molar-refractivity contribution in [1.82, 2.24) is 9.80 Å². The van der Waals surface area contributed by atoms with Crippen LogP contribution < -0.4 is 10.6 Å². The molecule has 3 rings (SSSR count). The number of nitrogens with one attached hydrogen (secondary N) is 2. The van der Waals surface area contributed by atoms with Gasteiger partial charge >= 0.3 is 12.1 Å². The molecule has 1 aliphatic heterocycles. The molecule has 1 aliphatic rings. The van der Waals surface area contributed by atoms with Crippen LogP contribution in [0.2, 0.25) is 15.1 Å². The third kappa shape index (κ3) is 5.44. The molecule has 0 spiro atoms. The van der Waals surface area contributed by atoms with Gasteiger partial charge in [-0.3, -0.25) is 0 Å². The van der Waals surface area contributed by atoms with E-state index in [4.69, 9.17) is 34.8 Å². The Labute approximate surface area is 178 Å². The molecule has 1 fully saturated rings. The highest BCUT2D eigenvalue weighted by Crippen LogP contribution is 2.25. The van der Waals surface area contributed by atoms with Gasteiger partial charge in [0.15, 0.2) is 0 Å². The van der Waals surface area contributed by atoms with E-state index < -0.39 is 0 Å². The predicted molar refractivity (Wildman–Crippen MR) is 114 cm³/mol. The van der Waals surface area contributed by atoms with Crippen LogP contribution in [0.15, 0.2) is 42.5 Å². The summed E-state index contributed by atoms with van der Waals surface area (Å²) in [6.07, 6.45) is 0.666. The van der Waals surface area contributed by atoms with Gasteiger partial charge in [0.1, 0.15) is 0 Å². The van der Waals surface area contributed by atoms with Crippen LogP contribution in [-0.2, 0) is 0 Å². The van der Waals surface area contributed by atoms with E-state index in [1.165, 1.54) is 0 Å². The van der Waals surface area contributed by atoms with Crippen molar-refractivity contribution in [1.29, 1.82) is 0 Å². The number of amides is 4. The van der Waals surface area contributed by atoms with Gasteiger partial charge in [-0.1, -0.05) is 40.9 Å². The largest absolute Gasteiger partial charge is 0.323 e. The number of anilines is 2. The van der Waals surface area contributed by atoms with Crippen molar-refractivity contribution >= 4 is 58.2 Å². The Morgan fingerprint density at radius 1 is 0.786 bits per heavy atom. The number of halogens is 3. The molecule has 2 aromatic carbocycles. The maximum absolute atomic E-state index is 12.6. The normalized spacial score (nSPS) is 14.4. The van der Waals surface area contributed by atoms with Gasteiger partial charge in [0, 0.05) is 41.9 Å². The summed E-state index contributed by atoms with van der Waals surface area (Å²) < 4.78 is 0. The molecule has 0 bridgehead atoms. The number of rotatable bonds is 2. The quantitative estimate of drug-likeness (QED) is 0.653. The summed E-state index contributed by atoms with van der Waals surface area (Å²) in [5.41, 5.74) is 1.09. The summed E-state index contributed by atoms with van der Waals surface area (Å²) >= 11 is 18.0. The number of urea groups is 2. The van der Waals surface area contributed by atoms with Crippen molar-refractivity contribution in [3.05, 3.63) is 57.5 Å². The number of carbonyl (C=O) groups excluding carboxylic acids is 2. The minimum Gasteiger partial charge on any atom is -0.323 e. The Kier molecular flexibility index (Phi) is 6.88. The van der Waals surface area contributed by atoms with Gasteiger partial charge in [0.05, 0.1) is 10.7 Å². The number of benzene rings is 2. The molecular weight excluding hydrogens is 423 g/mol. The third-order valence-corrected chi connectivity index (χ3v) is 5.12. The zero-order chi connectivity index (χ0) is 20.1. The van der Waals surface area contributed by atoms with Crippen LogP contribution in [0.1, 0.15) is 6.42 Å². The van der Waals surface area contributed by atoms with Crippen molar-refractivity contribution in [2.24, 2.45) is 0 Å². The van der Waals surface area contributed by atoms with Crippen LogP contribution in [-0.4, -0.2) is 48.0 Å². The van der Waals surface area contributed by atoms with Gasteiger partial charge in [-0.2, -0.15) is 0 Å². The van der Waals surface area contributed by atoms with Crippen LogP contribution in [0.4, 0.5) is 21.0 Å². The fraction of sp³-hybridized carbons (Fsp3) is 0.263. The summed E-state index contributed by atoms with van der Waals surface area (Å²) in [5, 5.41) is 7.05. The molecule has 0 aliphatic carbocycles. The predicted octanol–water partition coefficient (Wildman–Crippen LogP) is 5.42. The highest BCUT2D eigenvalue weighted by atomic mass is 35.5. The lowest BCUT2D eigenvalue weighted by Gasteiger charge is -2.23. The molecule has 9 heteroatoms. The first-order chi connectivity index (χ1) is 13.4. The molecule has 0 unspecified atom stereocenters. The van der Waals surface area contributed by atoms with Gasteiger partial charge < -0.3 is 20.4 Å². The lowest BCUT2D eigenvalue weighted by Crippen LogP contribution is -2.40. The molecule has 0 aromatic heterocycles. The maximum Gasteiger partial charge on any atom is 0.321 e. The van der Waals surface area contributed by atoms with Crippen molar-refractivity contribution in [3.8, 4) is 0 Å². The first-order valence-corrected chi connectivity index (χ1v) is 9.88. The van der Waals surface area contributed by atoms with E-state index in [1.54, 1.807) is 52.3 Å². The Balaban J connectivity index is 1.57.